The molecule has 4 nitrogen and oxygen atoms in total. The van der Waals surface area contributed by atoms with Gasteiger partial charge in [0.1, 0.15) is 5.69 Å². The summed E-state index contributed by atoms with van der Waals surface area (Å²) in [4.78, 5) is 16.6. The van der Waals surface area contributed by atoms with Gasteiger partial charge in [0, 0.05) is 16.2 Å². The van der Waals surface area contributed by atoms with E-state index in [4.69, 9.17) is 16.0 Å². The van der Waals surface area contributed by atoms with Gasteiger partial charge in [0.2, 0.25) is 5.89 Å². The van der Waals surface area contributed by atoms with E-state index in [0.717, 1.165) is 11.1 Å². The molecule has 0 spiro atoms. The molecule has 0 saturated heterocycles. The molecule has 1 aliphatic rings. The van der Waals surface area contributed by atoms with Crippen LogP contribution < -0.4 is 0 Å². The molecule has 0 fully saturated rings. The molecule has 2 aromatic carbocycles. The number of benzene rings is 2. The fraction of sp³-hybridized carbons (Fsp3) is 0. The molecule has 122 valence electrons. The second-order valence-corrected chi connectivity index (χ2v) is 6.00. The number of aromatic hydroxyl groups is 1. The molecule has 4 rings (SSSR count). The van der Waals surface area contributed by atoms with Crippen molar-refractivity contribution in [2.24, 2.45) is 0 Å². The monoisotopic (exact) mass is 349 g/mol. The highest BCUT2D eigenvalue weighted by Gasteiger charge is 2.20. The summed E-state index contributed by atoms with van der Waals surface area (Å²) in [5, 5.41) is 10.6. The molecule has 0 atom stereocenters. The van der Waals surface area contributed by atoms with Crippen molar-refractivity contribution >= 4 is 35.1 Å². The molecule has 0 radical (unpaired) electrons. The maximum atomic E-state index is 12.3. The Kier molecular flexibility index (Phi) is 3.75. The first-order valence-electron chi connectivity index (χ1n) is 7.61. The van der Waals surface area contributed by atoms with Gasteiger partial charge in [0.15, 0.2) is 5.78 Å². The van der Waals surface area contributed by atoms with Gasteiger partial charge in [-0.25, -0.2) is 4.98 Å². The third kappa shape index (κ3) is 2.88. The van der Waals surface area contributed by atoms with Crippen molar-refractivity contribution in [2.45, 2.75) is 0 Å². The second-order valence-electron chi connectivity index (χ2n) is 5.56. The number of nitrogens with zero attached hydrogens (tertiary/aromatic N) is 1. The second kappa shape index (κ2) is 6.07. The first-order valence-corrected chi connectivity index (χ1v) is 7.99. The van der Waals surface area contributed by atoms with Gasteiger partial charge >= 0.3 is 5.95 Å². The average molecular weight is 350 g/mol. The Morgan fingerprint density at radius 3 is 2.76 bits per heavy atom. The van der Waals surface area contributed by atoms with Gasteiger partial charge in [-0.2, -0.15) is 0 Å². The third-order valence-electron chi connectivity index (χ3n) is 3.92. The number of hydrogen-bond donors (Lipinski definition) is 1. The SMILES string of the molecule is O=C1C=Cc2ccccc2C1=Cc1nc(-c2cccc(Cl)c2)oc1O. The van der Waals surface area contributed by atoms with Crippen molar-refractivity contribution in [3.63, 3.8) is 0 Å². The van der Waals surface area contributed by atoms with Crippen LogP contribution >= 0.6 is 11.6 Å². The molecule has 1 aliphatic carbocycles. The minimum absolute atomic E-state index is 0.148. The molecule has 1 N–H and O–H groups in total. The van der Waals surface area contributed by atoms with Crippen LogP contribution in [0.25, 0.3) is 29.2 Å². The molecular formula is C20H12ClNO3. The maximum absolute atomic E-state index is 12.3. The largest absolute Gasteiger partial charge is 0.479 e. The molecule has 0 bridgehead atoms. The molecule has 3 aromatic rings. The Morgan fingerprint density at radius 2 is 1.92 bits per heavy atom. The van der Waals surface area contributed by atoms with Crippen molar-refractivity contribution in [3.8, 4) is 17.4 Å². The summed E-state index contributed by atoms with van der Waals surface area (Å²) in [6.07, 6.45) is 4.82. The number of oxazole rings is 1. The van der Waals surface area contributed by atoms with Gasteiger partial charge in [0.25, 0.3) is 0 Å². The zero-order chi connectivity index (χ0) is 17.4. The summed E-state index contributed by atoms with van der Waals surface area (Å²) >= 11 is 5.98. The Labute approximate surface area is 148 Å². The fourth-order valence-corrected chi connectivity index (χ4v) is 2.91. The number of allylic oxidation sites excluding steroid dienone is 2. The lowest BCUT2D eigenvalue weighted by atomic mass is 9.91. The van der Waals surface area contributed by atoms with Crippen LogP contribution in [-0.2, 0) is 4.79 Å². The van der Waals surface area contributed by atoms with Gasteiger partial charge in [-0.05, 0) is 41.5 Å². The summed E-state index contributed by atoms with van der Waals surface area (Å²) in [5.41, 5.74) is 3.03. The number of halogens is 1. The summed E-state index contributed by atoms with van der Waals surface area (Å²) in [7, 11) is 0. The standard InChI is InChI=1S/C20H12ClNO3/c21-14-6-3-5-13(10-14)19-22-17(20(24)25-19)11-16-15-7-2-1-4-12(15)8-9-18(16)23/h1-11,24H. The highest BCUT2D eigenvalue weighted by Crippen LogP contribution is 2.33. The zero-order valence-electron chi connectivity index (χ0n) is 12.9. The highest BCUT2D eigenvalue weighted by atomic mass is 35.5. The van der Waals surface area contributed by atoms with E-state index in [1.54, 1.807) is 30.3 Å². The van der Waals surface area contributed by atoms with Crippen molar-refractivity contribution in [3.05, 3.63) is 76.5 Å². The molecule has 0 unspecified atom stereocenters. The number of carbonyl (C=O) groups is 1. The first kappa shape index (κ1) is 15.4. The van der Waals surface area contributed by atoms with Gasteiger partial charge in [0.05, 0.1) is 0 Å². The van der Waals surface area contributed by atoms with Crippen LogP contribution in [0.5, 0.6) is 5.95 Å². The lowest BCUT2D eigenvalue weighted by Crippen LogP contribution is -2.04. The van der Waals surface area contributed by atoms with E-state index in [0.29, 0.717) is 16.2 Å². The number of carbonyl (C=O) groups excluding carboxylic acids is 1. The first-order chi connectivity index (χ1) is 12.1. The minimum Gasteiger partial charge on any atom is -0.479 e. The van der Waals surface area contributed by atoms with E-state index in [-0.39, 0.29) is 23.3 Å². The van der Waals surface area contributed by atoms with Crippen LogP contribution in [0.2, 0.25) is 5.02 Å². The predicted octanol–water partition coefficient (Wildman–Crippen LogP) is 4.84. The minimum atomic E-state index is -0.345. The van der Waals surface area contributed by atoms with Crippen LogP contribution in [0.1, 0.15) is 16.8 Å². The number of aromatic nitrogens is 1. The topological polar surface area (TPSA) is 63.3 Å². The Morgan fingerprint density at radius 1 is 1.08 bits per heavy atom. The summed E-state index contributed by atoms with van der Waals surface area (Å²) in [6, 6.07) is 14.5. The average Bonchev–Trinajstić information content (AvgIpc) is 2.98. The van der Waals surface area contributed by atoms with E-state index in [1.807, 2.05) is 24.3 Å². The summed E-state index contributed by atoms with van der Waals surface area (Å²) in [6.45, 7) is 0. The normalized spacial score (nSPS) is 14.8. The highest BCUT2D eigenvalue weighted by molar-refractivity contribution is 6.33. The van der Waals surface area contributed by atoms with Crippen LogP contribution in [0.3, 0.4) is 0 Å². The summed E-state index contributed by atoms with van der Waals surface area (Å²) < 4.78 is 5.33. The molecular weight excluding hydrogens is 338 g/mol. The van der Waals surface area contributed by atoms with Crippen molar-refractivity contribution in [1.29, 1.82) is 0 Å². The van der Waals surface area contributed by atoms with E-state index < -0.39 is 0 Å². The van der Waals surface area contributed by atoms with Crippen molar-refractivity contribution in [1.82, 2.24) is 4.98 Å². The van der Waals surface area contributed by atoms with Crippen LogP contribution in [0.4, 0.5) is 0 Å². The van der Waals surface area contributed by atoms with Crippen LogP contribution in [0.15, 0.2) is 59.0 Å². The lowest BCUT2D eigenvalue weighted by molar-refractivity contribution is -0.109. The smallest absolute Gasteiger partial charge is 0.310 e. The maximum Gasteiger partial charge on any atom is 0.310 e. The quantitative estimate of drug-likeness (QED) is 0.672. The summed E-state index contributed by atoms with van der Waals surface area (Å²) in [5.74, 6) is -0.258. The molecule has 0 aliphatic heterocycles. The molecule has 1 aromatic heterocycles. The number of ketones is 1. The van der Waals surface area contributed by atoms with Crippen molar-refractivity contribution in [2.75, 3.05) is 0 Å². The van der Waals surface area contributed by atoms with E-state index in [2.05, 4.69) is 4.98 Å². The Bertz CT molecular complexity index is 1050. The van der Waals surface area contributed by atoms with Gasteiger partial charge in [-0.3, -0.25) is 4.79 Å². The number of hydrogen-bond acceptors (Lipinski definition) is 4. The molecule has 5 heteroatoms. The molecule has 25 heavy (non-hydrogen) atoms. The number of fused-ring (bicyclic) bond motifs is 1. The van der Waals surface area contributed by atoms with Gasteiger partial charge in [-0.1, -0.05) is 48.0 Å². The Balaban J connectivity index is 1.80. The molecule has 0 saturated carbocycles. The Hall–Kier alpha value is -3.11. The van der Waals surface area contributed by atoms with Crippen LogP contribution in [0, 0.1) is 0 Å². The lowest BCUT2D eigenvalue weighted by Gasteiger charge is -2.12. The zero-order valence-corrected chi connectivity index (χ0v) is 13.7. The third-order valence-corrected chi connectivity index (χ3v) is 4.15. The van der Waals surface area contributed by atoms with E-state index in [1.165, 1.54) is 12.2 Å². The molecule has 1 heterocycles. The number of rotatable bonds is 2. The fourth-order valence-electron chi connectivity index (χ4n) is 2.72. The van der Waals surface area contributed by atoms with E-state index in [9.17, 15) is 9.90 Å². The van der Waals surface area contributed by atoms with Gasteiger partial charge < -0.3 is 9.52 Å². The van der Waals surface area contributed by atoms with E-state index >= 15 is 0 Å². The predicted molar refractivity (Wildman–Crippen MR) is 97.0 cm³/mol. The van der Waals surface area contributed by atoms with Crippen molar-refractivity contribution < 1.29 is 14.3 Å². The van der Waals surface area contributed by atoms with Gasteiger partial charge in [-0.15, -0.1) is 0 Å². The van der Waals surface area contributed by atoms with Crippen LogP contribution in [-0.4, -0.2) is 15.9 Å². The molecule has 0 amide bonds.